The van der Waals surface area contributed by atoms with Crippen LogP contribution in [0.1, 0.15) is 0 Å². The van der Waals surface area contributed by atoms with Gasteiger partial charge in [-0.25, -0.2) is 0 Å². The van der Waals surface area contributed by atoms with Crippen molar-refractivity contribution in [2.24, 2.45) is 0 Å². The van der Waals surface area contributed by atoms with E-state index in [0.717, 1.165) is 0 Å². The summed E-state index contributed by atoms with van der Waals surface area (Å²) in [5.41, 5.74) is 0. The van der Waals surface area contributed by atoms with Crippen LogP contribution in [0, 0.1) is 0 Å². The van der Waals surface area contributed by atoms with Crippen molar-refractivity contribution in [1.29, 1.82) is 0 Å². The molecule has 0 spiro atoms. The Kier molecular flexibility index (Phi) is 3.28. The van der Waals surface area contributed by atoms with Gasteiger partial charge in [-0.1, -0.05) is 0 Å². The second kappa shape index (κ2) is 3.87. The predicted molar refractivity (Wildman–Crippen MR) is 39.6 cm³/mol. The third-order valence-electron chi connectivity index (χ3n) is 1.84. The maximum atomic E-state index is 9.20. The largest absolute Gasteiger partial charge is 0.388 e. The van der Waals surface area contributed by atoms with Crippen LogP contribution in [0.25, 0.3) is 0 Å². The van der Waals surface area contributed by atoms with E-state index in [9.17, 15) is 5.11 Å². The van der Waals surface area contributed by atoms with Gasteiger partial charge in [-0.3, -0.25) is 0 Å². The van der Waals surface area contributed by atoms with E-state index in [2.05, 4.69) is 0 Å². The summed E-state index contributed by atoms with van der Waals surface area (Å²) in [6.07, 6.45) is -6.51. The molecule has 1 fully saturated rings. The molecule has 0 bridgehead atoms. The number of ether oxygens (including phenoxy) is 1. The highest BCUT2D eigenvalue weighted by molar-refractivity contribution is 6.18. The fourth-order valence-electron chi connectivity index (χ4n) is 1.06. The Morgan fingerprint density at radius 3 is 2.08 bits per heavy atom. The van der Waals surface area contributed by atoms with E-state index in [-0.39, 0.29) is 5.88 Å². The molecule has 5 atom stereocenters. The van der Waals surface area contributed by atoms with Crippen LogP contribution >= 0.6 is 11.6 Å². The van der Waals surface area contributed by atoms with Crippen molar-refractivity contribution in [2.75, 3.05) is 5.88 Å². The maximum absolute atomic E-state index is 9.20. The van der Waals surface area contributed by atoms with Crippen molar-refractivity contribution >= 4 is 11.6 Å². The van der Waals surface area contributed by atoms with Crippen LogP contribution in [0.2, 0.25) is 0 Å². The van der Waals surface area contributed by atoms with Crippen molar-refractivity contribution in [1.82, 2.24) is 0 Å². The van der Waals surface area contributed by atoms with E-state index in [1.54, 1.807) is 0 Å². The lowest BCUT2D eigenvalue weighted by molar-refractivity contribution is -0.276. The molecule has 0 amide bonds. The Balaban J connectivity index is 2.63. The number of aliphatic hydroxyl groups is 4. The van der Waals surface area contributed by atoms with E-state index in [1.807, 2.05) is 0 Å². The van der Waals surface area contributed by atoms with Gasteiger partial charge < -0.3 is 25.2 Å². The number of hydrogen-bond acceptors (Lipinski definition) is 5. The molecule has 72 valence electrons. The molecule has 1 rings (SSSR count). The standard InChI is InChI=1S/C6H11ClO5/c7-1-2-3(8)4(9)5(10)6(11)12-2/h2-6,8-11H,1H2/t2-,3+,4+,5-,6+/m0/s1. The zero-order valence-electron chi connectivity index (χ0n) is 6.17. The molecule has 0 saturated carbocycles. The zero-order valence-corrected chi connectivity index (χ0v) is 6.92. The second-order valence-corrected chi connectivity index (χ2v) is 3.00. The molecule has 1 aliphatic rings. The molecule has 5 nitrogen and oxygen atoms in total. The van der Waals surface area contributed by atoms with Crippen LogP contribution in [0.4, 0.5) is 0 Å². The summed E-state index contributed by atoms with van der Waals surface area (Å²) < 4.78 is 4.69. The molecule has 4 N–H and O–H groups in total. The summed E-state index contributed by atoms with van der Waals surface area (Å²) in [6, 6.07) is 0. The average molecular weight is 199 g/mol. The fraction of sp³-hybridized carbons (Fsp3) is 1.00. The summed E-state index contributed by atoms with van der Waals surface area (Å²) in [4.78, 5) is 0. The lowest BCUT2D eigenvalue weighted by Crippen LogP contribution is -2.57. The van der Waals surface area contributed by atoms with Crippen molar-refractivity contribution in [3.63, 3.8) is 0 Å². The quantitative estimate of drug-likeness (QED) is 0.367. The SMILES string of the molecule is O[C@H]1[C@H](O)[C@H](O)O[C@@H](CCl)[C@H]1O. The van der Waals surface area contributed by atoms with Gasteiger partial charge in [-0.2, -0.15) is 0 Å². The first-order valence-corrected chi connectivity index (χ1v) is 4.05. The van der Waals surface area contributed by atoms with Crippen LogP contribution in [0.5, 0.6) is 0 Å². The minimum absolute atomic E-state index is 0.0536. The molecule has 0 radical (unpaired) electrons. The zero-order chi connectivity index (χ0) is 9.30. The Hall–Kier alpha value is 0.0900. The first kappa shape index (κ1) is 10.2. The summed E-state index contributed by atoms with van der Waals surface area (Å²) in [6.45, 7) is 0. The van der Waals surface area contributed by atoms with Crippen molar-refractivity contribution in [3.05, 3.63) is 0 Å². The molecular formula is C6H11ClO5. The molecule has 0 unspecified atom stereocenters. The van der Waals surface area contributed by atoms with Crippen LogP contribution in [0.3, 0.4) is 0 Å². The molecule has 0 aromatic rings. The summed E-state index contributed by atoms with van der Waals surface area (Å²) in [7, 11) is 0. The molecule has 1 saturated heterocycles. The number of alkyl halides is 1. The van der Waals surface area contributed by atoms with E-state index in [4.69, 9.17) is 31.7 Å². The molecule has 1 aliphatic heterocycles. The second-order valence-electron chi connectivity index (χ2n) is 2.69. The first-order chi connectivity index (χ1) is 5.57. The fourth-order valence-corrected chi connectivity index (χ4v) is 1.31. The van der Waals surface area contributed by atoms with Crippen molar-refractivity contribution in [3.8, 4) is 0 Å². The van der Waals surface area contributed by atoms with Gasteiger partial charge in [0.15, 0.2) is 6.29 Å². The molecule has 0 aliphatic carbocycles. The third kappa shape index (κ3) is 1.71. The normalized spacial score (nSPS) is 49.2. The summed E-state index contributed by atoms with van der Waals surface area (Å²) in [5, 5.41) is 36.3. The minimum atomic E-state index is -1.49. The summed E-state index contributed by atoms with van der Waals surface area (Å²) in [5.74, 6) is -0.0536. The third-order valence-corrected chi connectivity index (χ3v) is 2.14. The number of hydrogen-bond donors (Lipinski definition) is 4. The van der Waals surface area contributed by atoms with Crippen molar-refractivity contribution in [2.45, 2.75) is 30.7 Å². The molecule has 1 heterocycles. The van der Waals surface area contributed by atoms with Gasteiger partial charge in [0.1, 0.15) is 24.4 Å². The van der Waals surface area contributed by atoms with Gasteiger partial charge in [0, 0.05) is 0 Å². The smallest absolute Gasteiger partial charge is 0.184 e. The van der Waals surface area contributed by atoms with Gasteiger partial charge in [0.05, 0.1) is 5.88 Å². The highest BCUT2D eigenvalue weighted by Gasteiger charge is 2.42. The van der Waals surface area contributed by atoms with Gasteiger partial charge in [-0.05, 0) is 0 Å². The van der Waals surface area contributed by atoms with Crippen molar-refractivity contribution < 1.29 is 25.2 Å². The molecule has 0 aromatic heterocycles. The number of rotatable bonds is 1. The van der Waals surface area contributed by atoms with E-state index in [1.165, 1.54) is 0 Å². The average Bonchev–Trinajstić information content (AvgIpc) is 2.08. The highest BCUT2D eigenvalue weighted by atomic mass is 35.5. The lowest BCUT2D eigenvalue weighted by atomic mass is 10.0. The van der Waals surface area contributed by atoms with Gasteiger partial charge in [0.2, 0.25) is 0 Å². The Morgan fingerprint density at radius 1 is 1.00 bits per heavy atom. The monoisotopic (exact) mass is 198 g/mol. The van der Waals surface area contributed by atoms with Gasteiger partial charge in [-0.15, -0.1) is 11.6 Å². The molecule has 12 heavy (non-hydrogen) atoms. The molecular weight excluding hydrogens is 188 g/mol. The van der Waals surface area contributed by atoms with Crippen LogP contribution < -0.4 is 0 Å². The minimum Gasteiger partial charge on any atom is -0.388 e. The number of halogens is 1. The Labute approximate surface area is 74.2 Å². The first-order valence-electron chi connectivity index (χ1n) is 3.51. The molecule has 6 heteroatoms. The van der Waals surface area contributed by atoms with E-state index < -0.39 is 30.7 Å². The van der Waals surface area contributed by atoms with Gasteiger partial charge in [0.25, 0.3) is 0 Å². The summed E-state index contributed by atoms with van der Waals surface area (Å²) >= 11 is 5.36. The number of aliphatic hydroxyl groups excluding tert-OH is 4. The Bertz CT molecular complexity index is 150. The van der Waals surface area contributed by atoms with Gasteiger partial charge >= 0.3 is 0 Å². The van der Waals surface area contributed by atoms with Crippen LogP contribution in [-0.4, -0.2) is 57.0 Å². The molecule has 0 aromatic carbocycles. The van der Waals surface area contributed by atoms with Crippen LogP contribution in [-0.2, 0) is 4.74 Å². The lowest BCUT2D eigenvalue weighted by Gasteiger charge is -2.37. The van der Waals surface area contributed by atoms with E-state index >= 15 is 0 Å². The van der Waals surface area contributed by atoms with Crippen LogP contribution in [0.15, 0.2) is 0 Å². The highest BCUT2D eigenvalue weighted by Crippen LogP contribution is 2.20. The van der Waals surface area contributed by atoms with E-state index in [0.29, 0.717) is 0 Å². The topological polar surface area (TPSA) is 90.2 Å². The Morgan fingerprint density at radius 2 is 1.58 bits per heavy atom. The maximum Gasteiger partial charge on any atom is 0.184 e. The predicted octanol–water partition coefficient (Wildman–Crippen LogP) is -1.97.